The van der Waals surface area contributed by atoms with Crippen LogP contribution in [0.1, 0.15) is 6.42 Å². The normalized spacial score (nSPS) is 11.0. The molecule has 0 fully saturated rings. The van der Waals surface area contributed by atoms with E-state index >= 15 is 0 Å². The molecular formula is C16H34N2O7. The van der Waals surface area contributed by atoms with Crippen LogP contribution >= 0.6 is 0 Å². The number of hydrogen-bond acceptors (Lipinski definition) is 8. The van der Waals surface area contributed by atoms with Crippen molar-refractivity contribution in [1.29, 1.82) is 0 Å². The summed E-state index contributed by atoms with van der Waals surface area (Å²) in [6.07, 6.45) is 0.334. The van der Waals surface area contributed by atoms with Gasteiger partial charge in [-0.2, -0.15) is 0 Å². The Morgan fingerprint density at radius 1 is 0.720 bits per heavy atom. The van der Waals surface area contributed by atoms with E-state index in [9.17, 15) is 4.79 Å². The molecule has 0 rings (SSSR count). The highest BCUT2D eigenvalue weighted by Crippen LogP contribution is 1.86. The standard InChI is InChI=1S/C16H34N2O7/c1-20-6-7-22-10-11-24-14-15-25-13-12-23-9-8-21-5-2-16(19)18-4-3-17/h2-15,17H2,1H3,(H,18,19). The van der Waals surface area contributed by atoms with Crippen LogP contribution in [0.2, 0.25) is 0 Å². The third kappa shape index (κ3) is 21.1. The molecule has 0 heterocycles. The minimum atomic E-state index is -0.0523. The fourth-order valence-electron chi connectivity index (χ4n) is 1.59. The highest BCUT2D eigenvalue weighted by molar-refractivity contribution is 5.75. The van der Waals surface area contributed by atoms with E-state index < -0.39 is 0 Å². The summed E-state index contributed by atoms with van der Waals surface area (Å²) < 4.78 is 31.5. The van der Waals surface area contributed by atoms with Crippen LogP contribution in [-0.4, -0.2) is 98.8 Å². The number of nitrogens with two attached hydrogens (primary N) is 1. The minimum Gasteiger partial charge on any atom is -0.382 e. The largest absolute Gasteiger partial charge is 0.382 e. The van der Waals surface area contributed by atoms with Crippen LogP contribution in [0.4, 0.5) is 0 Å². The molecule has 0 saturated carbocycles. The van der Waals surface area contributed by atoms with E-state index in [0.29, 0.717) is 92.2 Å². The lowest BCUT2D eigenvalue weighted by molar-refractivity contribution is -0.122. The Morgan fingerprint density at radius 2 is 1.12 bits per heavy atom. The lowest BCUT2D eigenvalue weighted by atomic mass is 10.4. The number of rotatable bonds is 20. The van der Waals surface area contributed by atoms with Gasteiger partial charge in [0.05, 0.1) is 72.7 Å². The van der Waals surface area contributed by atoms with E-state index in [4.69, 9.17) is 34.2 Å². The van der Waals surface area contributed by atoms with Crippen LogP contribution in [0.5, 0.6) is 0 Å². The summed E-state index contributed by atoms with van der Waals surface area (Å²) in [5, 5.41) is 2.67. The number of amides is 1. The van der Waals surface area contributed by atoms with Gasteiger partial charge in [0.25, 0.3) is 0 Å². The van der Waals surface area contributed by atoms with E-state index in [1.807, 2.05) is 0 Å². The second-order valence-electron chi connectivity index (χ2n) is 4.94. The van der Waals surface area contributed by atoms with E-state index in [1.54, 1.807) is 7.11 Å². The Labute approximate surface area is 150 Å². The quantitative estimate of drug-likeness (QED) is 0.269. The van der Waals surface area contributed by atoms with Gasteiger partial charge in [-0.05, 0) is 0 Å². The van der Waals surface area contributed by atoms with Crippen molar-refractivity contribution in [2.24, 2.45) is 5.73 Å². The van der Waals surface area contributed by atoms with E-state index in [1.165, 1.54) is 0 Å². The van der Waals surface area contributed by atoms with Gasteiger partial charge in [-0.3, -0.25) is 4.79 Å². The van der Waals surface area contributed by atoms with Crippen molar-refractivity contribution in [3.8, 4) is 0 Å². The first-order chi connectivity index (χ1) is 12.3. The first kappa shape index (κ1) is 24.2. The highest BCUT2D eigenvalue weighted by atomic mass is 16.6. The predicted molar refractivity (Wildman–Crippen MR) is 92.7 cm³/mol. The maximum absolute atomic E-state index is 11.2. The summed E-state index contributed by atoms with van der Waals surface area (Å²) in [5.41, 5.74) is 5.28. The average Bonchev–Trinajstić information content (AvgIpc) is 2.62. The highest BCUT2D eigenvalue weighted by Gasteiger charge is 1.99. The van der Waals surface area contributed by atoms with Gasteiger partial charge in [-0.25, -0.2) is 0 Å². The van der Waals surface area contributed by atoms with Gasteiger partial charge in [0.1, 0.15) is 0 Å². The Morgan fingerprint density at radius 3 is 1.52 bits per heavy atom. The third-order valence-electron chi connectivity index (χ3n) is 2.86. The first-order valence-corrected chi connectivity index (χ1v) is 8.65. The fraction of sp³-hybridized carbons (Fsp3) is 0.938. The van der Waals surface area contributed by atoms with Gasteiger partial charge in [0.2, 0.25) is 5.91 Å². The van der Waals surface area contributed by atoms with Crippen LogP contribution in [0, 0.1) is 0 Å². The predicted octanol–water partition coefficient (Wildman–Crippen LogP) is -0.819. The summed E-state index contributed by atoms with van der Waals surface area (Å²) in [4.78, 5) is 11.2. The topological polar surface area (TPSA) is 111 Å². The molecule has 0 spiro atoms. The van der Waals surface area contributed by atoms with Gasteiger partial charge in [0, 0.05) is 26.6 Å². The molecule has 0 aromatic rings. The summed E-state index contributed by atoms with van der Waals surface area (Å²) in [7, 11) is 1.64. The van der Waals surface area contributed by atoms with Crippen molar-refractivity contribution in [2.45, 2.75) is 6.42 Å². The molecule has 0 aromatic heterocycles. The average molecular weight is 366 g/mol. The second kappa shape index (κ2) is 21.2. The van der Waals surface area contributed by atoms with Crippen molar-refractivity contribution >= 4 is 5.91 Å². The zero-order chi connectivity index (χ0) is 18.4. The molecule has 0 atom stereocenters. The number of carbonyl (C=O) groups is 1. The number of carbonyl (C=O) groups excluding carboxylic acids is 1. The van der Waals surface area contributed by atoms with Gasteiger partial charge in [0.15, 0.2) is 0 Å². The Hall–Kier alpha value is -0.810. The molecule has 0 saturated heterocycles. The molecule has 0 aliphatic heterocycles. The Balaban J connectivity index is 3.04. The summed E-state index contributed by atoms with van der Waals surface area (Å²) in [6.45, 7) is 6.59. The van der Waals surface area contributed by atoms with Crippen molar-refractivity contribution in [3.63, 3.8) is 0 Å². The minimum absolute atomic E-state index is 0.0523. The monoisotopic (exact) mass is 366 g/mol. The molecule has 0 aromatic carbocycles. The van der Waals surface area contributed by atoms with Crippen molar-refractivity contribution < 1.29 is 33.2 Å². The van der Waals surface area contributed by atoms with Crippen LogP contribution in [0.3, 0.4) is 0 Å². The van der Waals surface area contributed by atoms with Gasteiger partial charge in [-0.15, -0.1) is 0 Å². The van der Waals surface area contributed by atoms with E-state index in [2.05, 4.69) is 5.32 Å². The van der Waals surface area contributed by atoms with Gasteiger partial charge < -0.3 is 39.5 Å². The number of nitrogens with one attached hydrogen (secondary N) is 1. The lowest BCUT2D eigenvalue weighted by Crippen LogP contribution is -2.29. The molecule has 0 aliphatic rings. The Bertz CT molecular complexity index is 283. The van der Waals surface area contributed by atoms with Crippen molar-refractivity contribution in [2.75, 3.05) is 92.9 Å². The molecule has 0 aliphatic carbocycles. The van der Waals surface area contributed by atoms with Crippen LogP contribution in [0.15, 0.2) is 0 Å². The lowest BCUT2D eigenvalue weighted by Gasteiger charge is -2.08. The number of hydrogen-bond donors (Lipinski definition) is 2. The van der Waals surface area contributed by atoms with Crippen LogP contribution in [0.25, 0.3) is 0 Å². The summed E-state index contributed by atoms with van der Waals surface area (Å²) in [6, 6.07) is 0. The zero-order valence-electron chi connectivity index (χ0n) is 15.3. The molecular weight excluding hydrogens is 332 g/mol. The number of ether oxygens (including phenoxy) is 6. The molecule has 0 unspecified atom stereocenters. The molecule has 9 nitrogen and oxygen atoms in total. The molecule has 3 N–H and O–H groups in total. The summed E-state index contributed by atoms with van der Waals surface area (Å²) in [5.74, 6) is -0.0523. The third-order valence-corrected chi connectivity index (χ3v) is 2.86. The summed E-state index contributed by atoms with van der Waals surface area (Å²) >= 11 is 0. The molecule has 0 radical (unpaired) electrons. The second-order valence-corrected chi connectivity index (χ2v) is 4.94. The first-order valence-electron chi connectivity index (χ1n) is 8.65. The van der Waals surface area contributed by atoms with E-state index in [0.717, 1.165) is 0 Å². The molecule has 0 bridgehead atoms. The number of methoxy groups -OCH3 is 1. The molecule has 25 heavy (non-hydrogen) atoms. The van der Waals surface area contributed by atoms with E-state index in [-0.39, 0.29) is 5.91 Å². The van der Waals surface area contributed by atoms with Gasteiger partial charge >= 0.3 is 0 Å². The smallest absolute Gasteiger partial charge is 0.222 e. The van der Waals surface area contributed by atoms with Crippen molar-refractivity contribution in [3.05, 3.63) is 0 Å². The van der Waals surface area contributed by atoms with Crippen molar-refractivity contribution in [1.82, 2.24) is 5.32 Å². The SMILES string of the molecule is COCCOCCOCCOCCOCCOCCC(=O)NCCN. The maximum atomic E-state index is 11.2. The molecule has 9 heteroatoms. The maximum Gasteiger partial charge on any atom is 0.222 e. The molecule has 1 amide bonds. The van der Waals surface area contributed by atoms with Crippen LogP contribution < -0.4 is 11.1 Å². The Kier molecular flexibility index (Phi) is 20.5. The fourth-order valence-corrected chi connectivity index (χ4v) is 1.59. The zero-order valence-corrected chi connectivity index (χ0v) is 15.3. The van der Waals surface area contributed by atoms with Gasteiger partial charge in [-0.1, -0.05) is 0 Å². The van der Waals surface area contributed by atoms with Crippen LogP contribution in [-0.2, 0) is 33.2 Å². The molecule has 150 valence electrons.